The Bertz CT molecular complexity index is 856. The third-order valence-electron chi connectivity index (χ3n) is 4.91. The summed E-state index contributed by atoms with van der Waals surface area (Å²) in [5, 5.41) is 2.87. The van der Waals surface area contributed by atoms with Gasteiger partial charge in [-0.25, -0.2) is 0 Å². The third kappa shape index (κ3) is 5.54. The normalized spacial score (nSPS) is 16.1. The van der Waals surface area contributed by atoms with E-state index in [2.05, 4.69) is 12.2 Å². The van der Waals surface area contributed by atoms with Crippen LogP contribution in [0.3, 0.4) is 0 Å². The predicted octanol–water partition coefficient (Wildman–Crippen LogP) is 5.38. The highest BCUT2D eigenvalue weighted by Gasteiger charge is 2.34. The lowest BCUT2D eigenvalue weighted by atomic mass is 10.1. The summed E-state index contributed by atoms with van der Waals surface area (Å²) < 4.78 is 5.31. The molecule has 0 aromatic heterocycles. The number of hydrogen-bond acceptors (Lipinski definition) is 4. The number of unbranched alkanes of at least 4 members (excludes halogenated alkanes) is 3. The Morgan fingerprint density at radius 2 is 2.00 bits per heavy atom. The number of amides is 2. The highest BCUT2D eigenvalue weighted by Crippen LogP contribution is 2.42. The molecular weight excluding hydrogens is 384 g/mol. The summed E-state index contributed by atoms with van der Waals surface area (Å²) >= 11 is 1.59. The number of carbonyl (C=O) groups excluding carboxylic acids is 2. The molecule has 6 heteroatoms. The van der Waals surface area contributed by atoms with Gasteiger partial charge in [0, 0.05) is 23.9 Å². The first-order valence-corrected chi connectivity index (χ1v) is 11.1. The fourth-order valence-corrected chi connectivity index (χ4v) is 4.58. The summed E-state index contributed by atoms with van der Waals surface area (Å²) in [6.45, 7) is 2.16. The Balaban J connectivity index is 1.73. The van der Waals surface area contributed by atoms with E-state index in [1.165, 1.54) is 0 Å². The quantitative estimate of drug-likeness (QED) is 0.562. The van der Waals surface area contributed by atoms with E-state index in [9.17, 15) is 9.59 Å². The molecule has 0 unspecified atom stereocenters. The van der Waals surface area contributed by atoms with Gasteiger partial charge in [-0.05, 0) is 36.2 Å². The number of anilines is 2. The molecule has 1 aliphatic heterocycles. The molecule has 1 N–H and O–H groups in total. The second-order valence-electron chi connectivity index (χ2n) is 7.11. The van der Waals surface area contributed by atoms with Crippen molar-refractivity contribution in [3.8, 4) is 5.75 Å². The number of thioether (sulfide) groups is 1. The average Bonchev–Trinajstić information content (AvgIpc) is 3.13. The molecule has 2 amide bonds. The number of carbonyl (C=O) groups is 2. The van der Waals surface area contributed by atoms with E-state index in [4.69, 9.17) is 4.74 Å². The second kappa shape index (κ2) is 10.3. The summed E-state index contributed by atoms with van der Waals surface area (Å²) in [5.74, 6) is 1.25. The number of hydrogen-bond donors (Lipinski definition) is 1. The van der Waals surface area contributed by atoms with Crippen molar-refractivity contribution in [2.75, 3.05) is 23.1 Å². The largest absolute Gasteiger partial charge is 0.497 e. The summed E-state index contributed by atoms with van der Waals surface area (Å²) in [7, 11) is 1.62. The van der Waals surface area contributed by atoms with Gasteiger partial charge in [0.1, 0.15) is 11.1 Å². The van der Waals surface area contributed by atoms with Crippen LogP contribution in [-0.4, -0.2) is 24.7 Å². The SMILES string of the molecule is CCCCCCC(=O)Nc1cccc([C@H]2SCC(=O)N2c2cccc(OC)c2)c1. The zero-order valence-electron chi connectivity index (χ0n) is 17.0. The fourth-order valence-electron chi connectivity index (χ4n) is 3.42. The van der Waals surface area contributed by atoms with Crippen LogP contribution in [0.1, 0.15) is 50.0 Å². The van der Waals surface area contributed by atoms with E-state index in [1.807, 2.05) is 48.5 Å². The Labute approximate surface area is 176 Å². The van der Waals surface area contributed by atoms with Gasteiger partial charge in [-0.3, -0.25) is 14.5 Å². The zero-order valence-corrected chi connectivity index (χ0v) is 17.8. The van der Waals surface area contributed by atoms with Crippen LogP contribution in [0.5, 0.6) is 5.75 Å². The number of methoxy groups -OCH3 is 1. The fraction of sp³-hybridized carbons (Fsp3) is 0.391. The molecule has 29 heavy (non-hydrogen) atoms. The van der Waals surface area contributed by atoms with Crippen molar-refractivity contribution in [3.63, 3.8) is 0 Å². The molecule has 0 spiro atoms. The van der Waals surface area contributed by atoms with Crippen molar-refractivity contribution in [1.82, 2.24) is 0 Å². The molecule has 0 aliphatic carbocycles. The summed E-state index contributed by atoms with van der Waals surface area (Å²) in [6.07, 6.45) is 4.86. The molecule has 3 rings (SSSR count). The zero-order chi connectivity index (χ0) is 20.6. The molecule has 1 atom stereocenters. The first kappa shape index (κ1) is 21.2. The molecule has 2 aromatic carbocycles. The molecule has 0 radical (unpaired) electrons. The standard InChI is InChI=1S/C23H28N2O3S/c1-3-4-5-6-13-21(26)24-18-10-7-9-17(14-18)23-25(22(27)16-29-23)19-11-8-12-20(15-19)28-2/h7-12,14-15,23H,3-6,13,16H2,1-2H3,(H,24,26)/t23-/m1/s1. The van der Waals surface area contributed by atoms with Crippen LogP contribution in [0.15, 0.2) is 48.5 Å². The van der Waals surface area contributed by atoms with Gasteiger partial charge in [0.25, 0.3) is 0 Å². The predicted molar refractivity (Wildman–Crippen MR) is 120 cm³/mol. The topological polar surface area (TPSA) is 58.6 Å². The van der Waals surface area contributed by atoms with Gasteiger partial charge < -0.3 is 10.1 Å². The second-order valence-corrected chi connectivity index (χ2v) is 8.18. The maximum Gasteiger partial charge on any atom is 0.238 e. The lowest BCUT2D eigenvalue weighted by molar-refractivity contribution is -0.117. The molecule has 2 aromatic rings. The number of benzene rings is 2. The van der Waals surface area contributed by atoms with Crippen LogP contribution in [0.4, 0.5) is 11.4 Å². The Morgan fingerprint density at radius 3 is 2.79 bits per heavy atom. The van der Waals surface area contributed by atoms with E-state index < -0.39 is 0 Å². The maximum atomic E-state index is 12.6. The Hall–Kier alpha value is -2.47. The van der Waals surface area contributed by atoms with Gasteiger partial charge in [0.05, 0.1) is 12.9 Å². The number of rotatable bonds is 9. The van der Waals surface area contributed by atoms with Gasteiger partial charge in [-0.15, -0.1) is 11.8 Å². The van der Waals surface area contributed by atoms with Crippen molar-refractivity contribution in [2.45, 2.75) is 44.4 Å². The van der Waals surface area contributed by atoms with Crippen LogP contribution in [0.2, 0.25) is 0 Å². The summed E-state index contributed by atoms with van der Waals surface area (Å²) in [4.78, 5) is 26.6. The van der Waals surface area contributed by atoms with Crippen LogP contribution in [-0.2, 0) is 9.59 Å². The van der Waals surface area contributed by atoms with Crippen molar-refractivity contribution >= 4 is 35.0 Å². The first-order chi connectivity index (χ1) is 14.1. The van der Waals surface area contributed by atoms with Crippen LogP contribution < -0.4 is 15.0 Å². The minimum Gasteiger partial charge on any atom is -0.497 e. The number of ether oxygens (including phenoxy) is 1. The van der Waals surface area contributed by atoms with Crippen molar-refractivity contribution < 1.29 is 14.3 Å². The highest BCUT2D eigenvalue weighted by molar-refractivity contribution is 8.00. The first-order valence-electron chi connectivity index (χ1n) is 10.1. The molecule has 0 saturated carbocycles. The lowest BCUT2D eigenvalue weighted by Crippen LogP contribution is -2.27. The molecular formula is C23H28N2O3S. The molecule has 0 bridgehead atoms. The van der Waals surface area contributed by atoms with Gasteiger partial charge in [0.15, 0.2) is 0 Å². The highest BCUT2D eigenvalue weighted by atomic mass is 32.2. The third-order valence-corrected chi connectivity index (χ3v) is 6.12. The minimum absolute atomic E-state index is 0.0399. The van der Waals surface area contributed by atoms with Crippen molar-refractivity contribution in [1.29, 1.82) is 0 Å². The van der Waals surface area contributed by atoms with Crippen LogP contribution in [0.25, 0.3) is 0 Å². The molecule has 1 heterocycles. The summed E-state index contributed by atoms with van der Waals surface area (Å²) in [6, 6.07) is 15.3. The van der Waals surface area contributed by atoms with E-state index in [1.54, 1.807) is 23.8 Å². The van der Waals surface area contributed by atoms with Gasteiger partial charge in [-0.2, -0.15) is 0 Å². The van der Waals surface area contributed by atoms with E-state index in [0.29, 0.717) is 12.2 Å². The number of nitrogens with zero attached hydrogens (tertiary/aromatic N) is 1. The molecule has 154 valence electrons. The van der Waals surface area contributed by atoms with Crippen LogP contribution >= 0.6 is 11.8 Å². The average molecular weight is 413 g/mol. The van der Waals surface area contributed by atoms with Gasteiger partial charge in [-0.1, -0.05) is 44.4 Å². The van der Waals surface area contributed by atoms with Crippen molar-refractivity contribution in [2.24, 2.45) is 0 Å². The van der Waals surface area contributed by atoms with E-state index in [0.717, 1.165) is 48.4 Å². The molecule has 1 aliphatic rings. The van der Waals surface area contributed by atoms with Crippen LogP contribution in [0, 0.1) is 0 Å². The smallest absolute Gasteiger partial charge is 0.238 e. The summed E-state index contributed by atoms with van der Waals surface area (Å²) in [5.41, 5.74) is 2.58. The maximum absolute atomic E-state index is 12.6. The van der Waals surface area contributed by atoms with Gasteiger partial charge in [0.2, 0.25) is 11.8 Å². The van der Waals surface area contributed by atoms with E-state index >= 15 is 0 Å². The molecule has 5 nitrogen and oxygen atoms in total. The lowest BCUT2D eigenvalue weighted by Gasteiger charge is -2.25. The molecule has 1 fully saturated rings. The van der Waals surface area contributed by atoms with E-state index in [-0.39, 0.29) is 17.2 Å². The minimum atomic E-state index is -0.129. The molecule has 1 saturated heterocycles. The Kier molecular flexibility index (Phi) is 7.58. The number of nitrogens with one attached hydrogen (secondary N) is 1. The van der Waals surface area contributed by atoms with Gasteiger partial charge >= 0.3 is 0 Å². The van der Waals surface area contributed by atoms with Crippen molar-refractivity contribution in [3.05, 3.63) is 54.1 Å². The Morgan fingerprint density at radius 1 is 1.17 bits per heavy atom. The monoisotopic (exact) mass is 412 g/mol.